The molecule has 1 aliphatic rings. The summed E-state index contributed by atoms with van der Waals surface area (Å²) in [5.74, 6) is 4.19. The predicted octanol–water partition coefficient (Wildman–Crippen LogP) is 3.14. The summed E-state index contributed by atoms with van der Waals surface area (Å²) in [6, 6.07) is 6.65. The average Bonchev–Trinajstić information content (AvgIpc) is 3.38. The Bertz CT molecular complexity index is 858. The molecule has 0 atom stereocenters. The summed E-state index contributed by atoms with van der Waals surface area (Å²) in [5, 5.41) is 15.4. The molecule has 31 heavy (non-hydrogen) atoms. The standard InChI is InChI=1S/C23H36N6O2/c1-5-30-20-12-11-18(15-21(20)31-6-2)13-14-24-23(26-19-9-7-8-10-19)25-16-22-28-27-17(3)29(22)4/h11-12,15,19H,5-10,13-14,16H2,1-4H3,(H2,24,25,26). The molecule has 170 valence electrons. The molecule has 1 aromatic carbocycles. The topological polar surface area (TPSA) is 85.6 Å². The van der Waals surface area contributed by atoms with Crippen LogP contribution in [0.4, 0.5) is 0 Å². The first-order valence-corrected chi connectivity index (χ1v) is 11.4. The molecule has 3 rings (SSSR count). The van der Waals surface area contributed by atoms with Gasteiger partial charge in [-0.25, -0.2) is 4.99 Å². The minimum Gasteiger partial charge on any atom is -0.490 e. The maximum atomic E-state index is 5.75. The molecule has 8 heteroatoms. The van der Waals surface area contributed by atoms with Crippen molar-refractivity contribution in [1.82, 2.24) is 25.4 Å². The Kier molecular flexibility index (Phi) is 8.55. The molecule has 0 radical (unpaired) electrons. The van der Waals surface area contributed by atoms with Gasteiger partial charge in [-0.15, -0.1) is 10.2 Å². The van der Waals surface area contributed by atoms with Gasteiger partial charge < -0.3 is 24.7 Å². The molecule has 0 amide bonds. The van der Waals surface area contributed by atoms with Gasteiger partial charge in [0.2, 0.25) is 0 Å². The lowest BCUT2D eigenvalue weighted by atomic mass is 10.1. The summed E-state index contributed by atoms with van der Waals surface area (Å²) in [7, 11) is 1.97. The van der Waals surface area contributed by atoms with Crippen molar-refractivity contribution in [3.05, 3.63) is 35.4 Å². The molecule has 2 aromatic rings. The maximum Gasteiger partial charge on any atom is 0.191 e. The van der Waals surface area contributed by atoms with Crippen LogP contribution in [0.2, 0.25) is 0 Å². The third kappa shape index (κ3) is 6.60. The average molecular weight is 429 g/mol. The zero-order valence-electron chi connectivity index (χ0n) is 19.3. The number of guanidine groups is 1. The van der Waals surface area contributed by atoms with Gasteiger partial charge in [0.05, 0.1) is 13.2 Å². The minimum absolute atomic E-state index is 0.488. The predicted molar refractivity (Wildman–Crippen MR) is 123 cm³/mol. The van der Waals surface area contributed by atoms with E-state index in [1.165, 1.54) is 31.2 Å². The monoisotopic (exact) mass is 428 g/mol. The number of hydrogen-bond acceptors (Lipinski definition) is 5. The fraction of sp³-hybridized carbons (Fsp3) is 0.609. The fourth-order valence-electron chi connectivity index (χ4n) is 3.73. The van der Waals surface area contributed by atoms with Crippen LogP contribution in [0.25, 0.3) is 0 Å². The Balaban J connectivity index is 1.62. The van der Waals surface area contributed by atoms with Gasteiger partial charge in [-0.3, -0.25) is 0 Å². The summed E-state index contributed by atoms with van der Waals surface area (Å²) >= 11 is 0. The summed E-state index contributed by atoms with van der Waals surface area (Å²) in [4.78, 5) is 4.77. The first-order chi connectivity index (χ1) is 15.1. The van der Waals surface area contributed by atoms with Crippen molar-refractivity contribution >= 4 is 5.96 Å². The zero-order valence-corrected chi connectivity index (χ0v) is 19.3. The number of nitrogens with one attached hydrogen (secondary N) is 2. The summed E-state index contributed by atoms with van der Waals surface area (Å²) in [6.07, 6.45) is 5.81. The van der Waals surface area contributed by atoms with Gasteiger partial charge in [-0.2, -0.15) is 0 Å². The second-order valence-corrected chi connectivity index (χ2v) is 7.84. The molecule has 1 fully saturated rings. The maximum absolute atomic E-state index is 5.75. The molecule has 0 unspecified atom stereocenters. The van der Waals surface area contributed by atoms with Crippen LogP contribution >= 0.6 is 0 Å². The van der Waals surface area contributed by atoms with Gasteiger partial charge in [-0.1, -0.05) is 18.9 Å². The second kappa shape index (κ2) is 11.6. The minimum atomic E-state index is 0.488. The number of hydrogen-bond donors (Lipinski definition) is 2. The summed E-state index contributed by atoms with van der Waals surface area (Å²) in [5.41, 5.74) is 1.20. The van der Waals surface area contributed by atoms with E-state index in [4.69, 9.17) is 14.5 Å². The molecule has 8 nitrogen and oxygen atoms in total. The van der Waals surface area contributed by atoms with Gasteiger partial charge in [-0.05, 0) is 57.7 Å². The molecule has 0 saturated heterocycles. The van der Waals surface area contributed by atoms with E-state index >= 15 is 0 Å². The number of ether oxygens (including phenoxy) is 2. The molecular formula is C23H36N6O2. The van der Waals surface area contributed by atoms with E-state index in [0.29, 0.717) is 25.8 Å². The van der Waals surface area contributed by atoms with Crippen LogP contribution in [0.5, 0.6) is 11.5 Å². The van der Waals surface area contributed by atoms with Crippen LogP contribution in [0, 0.1) is 6.92 Å². The van der Waals surface area contributed by atoms with Crippen LogP contribution in [0.1, 0.15) is 56.7 Å². The molecule has 0 spiro atoms. The van der Waals surface area contributed by atoms with Crippen molar-refractivity contribution in [3.8, 4) is 11.5 Å². The molecule has 0 aliphatic heterocycles. The van der Waals surface area contributed by atoms with Crippen LogP contribution < -0.4 is 20.1 Å². The van der Waals surface area contributed by atoms with E-state index in [-0.39, 0.29) is 0 Å². The van der Waals surface area contributed by atoms with Crippen molar-refractivity contribution in [2.45, 2.75) is 65.5 Å². The summed E-state index contributed by atoms with van der Waals surface area (Å²) in [6.45, 7) is 8.43. The number of aliphatic imine (C=N–C) groups is 1. The molecule has 2 N–H and O–H groups in total. The van der Waals surface area contributed by atoms with E-state index in [1.54, 1.807) is 0 Å². The third-order valence-corrected chi connectivity index (χ3v) is 5.57. The van der Waals surface area contributed by atoms with E-state index in [9.17, 15) is 0 Å². The van der Waals surface area contributed by atoms with Crippen molar-refractivity contribution in [2.24, 2.45) is 12.0 Å². The quantitative estimate of drug-likeness (QED) is 0.447. The molecule has 0 bridgehead atoms. The van der Waals surface area contributed by atoms with E-state index in [1.807, 2.05) is 38.5 Å². The highest BCUT2D eigenvalue weighted by molar-refractivity contribution is 5.80. The Labute approximate surface area is 185 Å². The van der Waals surface area contributed by atoms with Crippen LogP contribution in [-0.2, 0) is 20.0 Å². The Morgan fingerprint density at radius 3 is 2.55 bits per heavy atom. The second-order valence-electron chi connectivity index (χ2n) is 7.84. The van der Waals surface area contributed by atoms with Gasteiger partial charge in [0, 0.05) is 19.6 Å². The number of rotatable bonds is 10. The van der Waals surface area contributed by atoms with Crippen LogP contribution in [0.15, 0.2) is 23.2 Å². The van der Waals surface area contributed by atoms with Gasteiger partial charge in [0.15, 0.2) is 23.3 Å². The Hall–Kier alpha value is -2.77. The molecule has 1 aliphatic carbocycles. The lowest BCUT2D eigenvalue weighted by molar-refractivity contribution is 0.287. The highest BCUT2D eigenvalue weighted by Crippen LogP contribution is 2.28. The Morgan fingerprint density at radius 2 is 1.87 bits per heavy atom. The molecule has 1 saturated carbocycles. The lowest BCUT2D eigenvalue weighted by Crippen LogP contribution is -2.43. The number of benzene rings is 1. The van der Waals surface area contributed by atoms with E-state index in [0.717, 1.165) is 42.1 Å². The summed E-state index contributed by atoms with van der Waals surface area (Å²) < 4.78 is 13.4. The van der Waals surface area contributed by atoms with Gasteiger partial charge >= 0.3 is 0 Å². The van der Waals surface area contributed by atoms with Gasteiger partial charge in [0.25, 0.3) is 0 Å². The van der Waals surface area contributed by atoms with Crippen molar-refractivity contribution in [3.63, 3.8) is 0 Å². The molecule has 1 aromatic heterocycles. The zero-order chi connectivity index (χ0) is 22.1. The first-order valence-electron chi connectivity index (χ1n) is 11.4. The highest BCUT2D eigenvalue weighted by Gasteiger charge is 2.16. The van der Waals surface area contributed by atoms with Crippen molar-refractivity contribution in [1.29, 1.82) is 0 Å². The van der Waals surface area contributed by atoms with Crippen LogP contribution in [0.3, 0.4) is 0 Å². The largest absolute Gasteiger partial charge is 0.490 e. The smallest absolute Gasteiger partial charge is 0.191 e. The number of nitrogens with zero attached hydrogens (tertiary/aromatic N) is 4. The van der Waals surface area contributed by atoms with Gasteiger partial charge in [0.1, 0.15) is 12.4 Å². The van der Waals surface area contributed by atoms with Crippen LogP contribution in [-0.4, -0.2) is 46.5 Å². The third-order valence-electron chi connectivity index (χ3n) is 5.57. The van der Waals surface area contributed by atoms with Crippen molar-refractivity contribution < 1.29 is 9.47 Å². The first kappa shape index (κ1) is 22.9. The van der Waals surface area contributed by atoms with E-state index in [2.05, 4.69) is 33.0 Å². The van der Waals surface area contributed by atoms with Crippen molar-refractivity contribution in [2.75, 3.05) is 19.8 Å². The number of aromatic nitrogens is 3. The van der Waals surface area contributed by atoms with E-state index < -0.39 is 0 Å². The number of aryl methyl sites for hydroxylation is 1. The fourth-order valence-corrected chi connectivity index (χ4v) is 3.73. The molecule has 1 heterocycles. The normalized spacial score (nSPS) is 14.6. The SMILES string of the molecule is CCOc1ccc(CCNC(=NCc2nnc(C)n2C)NC2CCCC2)cc1OCC. The lowest BCUT2D eigenvalue weighted by Gasteiger charge is -2.18. The highest BCUT2D eigenvalue weighted by atomic mass is 16.5. The molecular weight excluding hydrogens is 392 g/mol. The Morgan fingerprint density at radius 1 is 1.13 bits per heavy atom.